The maximum Gasteiger partial charge on any atom is 0.165 e. The smallest absolute Gasteiger partial charge is 0.165 e. The van der Waals surface area contributed by atoms with E-state index in [9.17, 15) is 0 Å². The van der Waals surface area contributed by atoms with Gasteiger partial charge in [-0.05, 0) is 13.0 Å². The third kappa shape index (κ3) is 3.14. The Kier molecular flexibility index (Phi) is 5.13. The van der Waals surface area contributed by atoms with Crippen LogP contribution in [0.15, 0.2) is 24.5 Å². The first-order valence-corrected chi connectivity index (χ1v) is 6.78. The first kappa shape index (κ1) is 15.3. The van der Waals surface area contributed by atoms with Gasteiger partial charge in [-0.25, -0.2) is 4.98 Å². The maximum absolute atomic E-state index is 5.72. The van der Waals surface area contributed by atoms with Gasteiger partial charge in [0.25, 0.3) is 0 Å². The lowest BCUT2D eigenvalue weighted by atomic mass is 10.0. The Hall–Kier alpha value is -2.12. The minimum atomic E-state index is -0.149. The highest BCUT2D eigenvalue weighted by molar-refractivity contribution is 5.48. The molecular formula is C14H21N5O2. The van der Waals surface area contributed by atoms with Gasteiger partial charge in [-0.15, -0.1) is 0 Å². The summed E-state index contributed by atoms with van der Waals surface area (Å²) in [5.41, 5.74) is 3.74. The standard InChI is InChI=1S/C14H21N5O2/c1-4-19-13(16-9-17-19)8-11(18-15)10-6-5-7-12(20-2)14(10)21-3/h5-7,9,11,18H,4,8,15H2,1-3H3. The number of hydrogen-bond donors (Lipinski definition) is 2. The number of rotatable bonds is 7. The molecule has 0 aliphatic carbocycles. The van der Waals surface area contributed by atoms with Crippen LogP contribution >= 0.6 is 0 Å². The third-order valence-corrected chi connectivity index (χ3v) is 3.39. The molecular weight excluding hydrogens is 270 g/mol. The van der Waals surface area contributed by atoms with Crippen LogP contribution in [0.2, 0.25) is 0 Å². The van der Waals surface area contributed by atoms with E-state index in [0.29, 0.717) is 17.9 Å². The molecule has 7 nitrogen and oxygen atoms in total. The number of methoxy groups -OCH3 is 2. The van der Waals surface area contributed by atoms with Crippen LogP contribution in [-0.2, 0) is 13.0 Å². The van der Waals surface area contributed by atoms with Crippen molar-refractivity contribution in [1.29, 1.82) is 0 Å². The van der Waals surface area contributed by atoms with Crippen LogP contribution < -0.4 is 20.7 Å². The molecule has 0 amide bonds. The first-order valence-electron chi connectivity index (χ1n) is 6.78. The zero-order chi connectivity index (χ0) is 15.2. The normalized spacial score (nSPS) is 12.2. The molecule has 0 radical (unpaired) electrons. The zero-order valence-electron chi connectivity index (χ0n) is 12.5. The lowest BCUT2D eigenvalue weighted by Crippen LogP contribution is -2.30. The van der Waals surface area contributed by atoms with Crippen LogP contribution in [0.4, 0.5) is 0 Å². The maximum atomic E-state index is 5.72. The highest BCUT2D eigenvalue weighted by atomic mass is 16.5. The third-order valence-electron chi connectivity index (χ3n) is 3.39. The van der Waals surface area contributed by atoms with Gasteiger partial charge < -0.3 is 9.47 Å². The predicted octanol–water partition coefficient (Wildman–Crippen LogP) is 1.06. The van der Waals surface area contributed by atoms with Gasteiger partial charge in [0.2, 0.25) is 0 Å². The number of para-hydroxylation sites is 1. The van der Waals surface area contributed by atoms with E-state index in [1.165, 1.54) is 0 Å². The molecule has 21 heavy (non-hydrogen) atoms. The SMILES string of the molecule is CCn1ncnc1CC(NN)c1cccc(OC)c1OC. The second-order valence-corrected chi connectivity index (χ2v) is 4.50. The average Bonchev–Trinajstić information content (AvgIpc) is 2.98. The van der Waals surface area contributed by atoms with Crippen molar-refractivity contribution >= 4 is 0 Å². The lowest BCUT2D eigenvalue weighted by molar-refractivity contribution is 0.345. The predicted molar refractivity (Wildman–Crippen MR) is 79.0 cm³/mol. The Morgan fingerprint density at radius 3 is 2.76 bits per heavy atom. The number of aromatic nitrogens is 3. The van der Waals surface area contributed by atoms with Gasteiger partial charge in [0.05, 0.1) is 20.3 Å². The zero-order valence-corrected chi connectivity index (χ0v) is 12.5. The molecule has 0 bridgehead atoms. The summed E-state index contributed by atoms with van der Waals surface area (Å²) in [6, 6.07) is 5.57. The van der Waals surface area contributed by atoms with Crippen molar-refractivity contribution in [2.75, 3.05) is 14.2 Å². The van der Waals surface area contributed by atoms with E-state index in [1.807, 2.05) is 29.8 Å². The number of nitrogens with two attached hydrogens (primary N) is 1. The van der Waals surface area contributed by atoms with E-state index in [1.54, 1.807) is 20.5 Å². The largest absolute Gasteiger partial charge is 0.493 e. The fraction of sp³-hybridized carbons (Fsp3) is 0.429. The van der Waals surface area contributed by atoms with Gasteiger partial charge in [0.1, 0.15) is 12.2 Å². The molecule has 1 atom stereocenters. The van der Waals surface area contributed by atoms with Crippen LogP contribution in [0.25, 0.3) is 0 Å². The molecule has 0 spiro atoms. The summed E-state index contributed by atoms with van der Waals surface area (Å²) < 4.78 is 12.6. The summed E-state index contributed by atoms with van der Waals surface area (Å²) in [7, 11) is 3.23. The topological polar surface area (TPSA) is 87.2 Å². The molecule has 2 rings (SSSR count). The molecule has 7 heteroatoms. The highest BCUT2D eigenvalue weighted by Crippen LogP contribution is 2.35. The molecule has 114 valence electrons. The quantitative estimate of drug-likeness (QED) is 0.586. The van der Waals surface area contributed by atoms with Crippen molar-refractivity contribution in [1.82, 2.24) is 20.2 Å². The monoisotopic (exact) mass is 291 g/mol. The fourth-order valence-corrected chi connectivity index (χ4v) is 2.34. The van der Waals surface area contributed by atoms with Crippen molar-refractivity contribution in [2.45, 2.75) is 25.9 Å². The summed E-state index contributed by atoms with van der Waals surface area (Å²) in [6.45, 7) is 2.79. The number of hydrogen-bond acceptors (Lipinski definition) is 6. The minimum Gasteiger partial charge on any atom is -0.493 e. The summed E-state index contributed by atoms with van der Waals surface area (Å²) in [5, 5.41) is 4.17. The second-order valence-electron chi connectivity index (χ2n) is 4.50. The summed E-state index contributed by atoms with van der Waals surface area (Å²) in [5.74, 6) is 7.94. The van der Waals surface area contributed by atoms with Gasteiger partial charge in [0, 0.05) is 18.5 Å². The van der Waals surface area contributed by atoms with Crippen molar-refractivity contribution < 1.29 is 9.47 Å². The highest BCUT2D eigenvalue weighted by Gasteiger charge is 2.20. The fourth-order valence-electron chi connectivity index (χ4n) is 2.34. The number of nitrogens with one attached hydrogen (secondary N) is 1. The Morgan fingerprint density at radius 2 is 2.14 bits per heavy atom. The van der Waals surface area contributed by atoms with E-state index < -0.39 is 0 Å². The molecule has 0 aliphatic rings. The van der Waals surface area contributed by atoms with Crippen LogP contribution in [0.1, 0.15) is 24.4 Å². The summed E-state index contributed by atoms with van der Waals surface area (Å²) >= 11 is 0. The van der Waals surface area contributed by atoms with E-state index >= 15 is 0 Å². The van der Waals surface area contributed by atoms with E-state index in [-0.39, 0.29) is 6.04 Å². The van der Waals surface area contributed by atoms with Gasteiger partial charge in [-0.3, -0.25) is 16.0 Å². The Balaban J connectivity index is 2.33. The number of ether oxygens (including phenoxy) is 2. The molecule has 0 aliphatic heterocycles. The van der Waals surface area contributed by atoms with Crippen molar-refractivity contribution in [2.24, 2.45) is 5.84 Å². The van der Waals surface area contributed by atoms with E-state index in [4.69, 9.17) is 15.3 Å². The van der Waals surface area contributed by atoms with Gasteiger partial charge in [-0.2, -0.15) is 5.10 Å². The molecule has 0 saturated heterocycles. The molecule has 3 N–H and O–H groups in total. The minimum absolute atomic E-state index is 0.149. The molecule has 0 saturated carbocycles. The van der Waals surface area contributed by atoms with Crippen LogP contribution in [0.5, 0.6) is 11.5 Å². The summed E-state index contributed by atoms with van der Waals surface area (Å²) in [4.78, 5) is 4.28. The molecule has 1 aromatic carbocycles. The Bertz CT molecular complexity index is 584. The first-order chi connectivity index (χ1) is 10.2. The van der Waals surface area contributed by atoms with Gasteiger partial charge in [-0.1, -0.05) is 12.1 Å². The van der Waals surface area contributed by atoms with Crippen molar-refractivity contribution in [3.05, 3.63) is 35.9 Å². The van der Waals surface area contributed by atoms with E-state index in [2.05, 4.69) is 15.5 Å². The molecule has 1 aromatic heterocycles. The van der Waals surface area contributed by atoms with Gasteiger partial charge >= 0.3 is 0 Å². The molecule has 1 heterocycles. The lowest BCUT2D eigenvalue weighted by Gasteiger charge is -2.20. The van der Waals surface area contributed by atoms with Gasteiger partial charge in [0.15, 0.2) is 11.5 Å². The van der Waals surface area contributed by atoms with Crippen molar-refractivity contribution in [3.63, 3.8) is 0 Å². The number of nitrogens with zero attached hydrogens (tertiary/aromatic N) is 3. The second kappa shape index (κ2) is 7.05. The number of benzene rings is 1. The molecule has 1 unspecified atom stereocenters. The number of aryl methyl sites for hydroxylation is 1. The van der Waals surface area contributed by atoms with Crippen molar-refractivity contribution in [3.8, 4) is 11.5 Å². The van der Waals surface area contributed by atoms with Crippen LogP contribution in [-0.4, -0.2) is 29.0 Å². The molecule has 2 aromatic rings. The Labute approximate surface area is 124 Å². The van der Waals surface area contributed by atoms with E-state index in [0.717, 1.165) is 17.9 Å². The average molecular weight is 291 g/mol. The molecule has 0 fully saturated rings. The van der Waals surface area contributed by atoms with Crippen LogP contribution in [0.3, 0.4) is 0 Å². The van der Waals surface area contributed by atoms with Crippen LogP contribution in [0, 0.1) is 0 Å². The summed E-state index contributed by atoms with van der Waals surface area (Å²) in [6.07, 6.45) is 2.16. The Morgan fingerprint density at radius 1 is 1.33 bits per heavy atom. The number of hydrazine groups is 1.